The molecule has 0 radical (unpaired) electrons. The molecule has 0 spiro atoms. The number of nitrogens with one attached hydrogen (secondary N) is 1. The Morgan fingerprint density at radius 1 is 1.26 bits per heavy atom. The van der Waals surface area contributed by atoms with Crippen molar-refractivity contribution in [2.45, 2.75) is 25.1 Å². The third kappa shape index (κ3) is 3.66. The molecule has 106 valence electrons. The van der Waals surface area contributed by atoms with Crippen LogP contribution >= 0.6 is 11.8 Å². The summed E-state index contributed by atoms with van der Waals surface area (Å²) in [5.41, 5.74) is 0.185. The van der Waals surface area contributed by atoms with Gasteiger partial charge in [0.15, 0.2) is 0 Å². The average molecular weight is 289 g/mol. The van der Waals surface area contributed by atoms with E-state index in [0.717, 1.165) is 36.0 Å². The molecule has 1 nitrogen and oxygen atoms in total. The fraction of sp³-hybridized carbons (Fsp3) is 0.571. The Bertz CT molecular complexity index is 413. The number of hydrogen-bond donors (Lipinski definition) is 1. The van der Waals surface area contributed by atoms with Gasteiger partial charge >= 0.3 is 6.18 Å². The van der Waals surface area contributed by atoms with Gasteiger partial charge in [-0.25, -0.2) is 0 Å². The highest BCUT2D eigenvalue weighted by Crippen LogP contribution is 2.36. The first kappa shape index (κ1) is 14.7. The minimum absolute atomic E-state index is 0.0169. The molecule has 1 aliphatic heterocycles. The zero-order valence-corrected chi connectivity index (χ0v) is 11.7. The maximum absolute atomic E-state index is 12.8. The fourth-order valence-electron chi connectivity index (χ4n) is 2.63. The zero-order valence-electron chi connectivity index (χ0n) is 10.8. The van der Waals surface area contributed by atoms with E-state index < -0.39 is 11.7 Å². The van der Waals surface area contributed by atoms with Crippen molar-refractivity contribution in [3.8, 4) is 0 Å². The van der Waals surface area contributed by atoms with E-state index in [1.165, 1.54) is 12.1 Å². The van der Waals surface area contributed by atoms with Crippen molar-refractivity contribution in [1.82, 2.24) is 5.32 Å². The second-order valence-corrected chi connectivity index (χ2v) is 6.06. The summed E-state index contributed by atoms with van der Waals surface area (Å²) in [6.45, 7) is 0. The Balaban J connectivity index is 2.22. The average Bonchev–Trinajstić information content (AvgIpc) is 2.40. The standard InChI is InChI=1S/C14H18F3NS/c1-18-13(10-5-7-19-8-6-10)11-3-2-4-12(9-11)14(15,16)17/h2-4,9-10,13,18H,5-8H2,1H3. The molecule has 1 saturated heterocycles. The van der Waals surface area contributed by atoms with Crippen molar-refractivity contribution in [1.29, 1.82) is 0 Å². The number of thioether (sulfide) groups is 1. The maximum atomic E-state index is 12.8. The second-order valence-electron chi connectivity index (χ2n) is 4.84. The molecule has 0 bridgehead atoms. The van der Waals surface area contributed by atoms with Gasteiger partial charge in [-0.1, -0.05) is 12.1 Å². The molecule has 1 N–H and O–H groups in total. The van der Waals surface area contributed by atoms with Gasteiger partial charge in [-0.2, -0.15) is 24.9 Å². The minimum Gasteiger partial charge on any atom is -0.313 e. The molecule has 5 heteroatoms. The van der Waals surface area contributed by atoms with E-state index >= 15 is 0 Å². The van der Waals surface area contributed by atoms with Gasteiger partial charge in [-0.15, -0.1) is 0 Å². The summed E-state index contributed by atoms with van der Waals surface area (Å²) in [5.74, 6) is 2.62. The molecular weight excluding hydrogens is 271 g/mol. The third-order valence-electron chi connectivity index (χ3n) is 3.62. The molecule has 0 aliphatic carbocycles. The summed E-state index contributed by atoms with van der Waals surface area (Å²) >= 11 is 1.92. The van der Waals surface area contributed by atoms with Crippen molar-refractivity contribution in [3.05, 3.63) is 35.4 Å². The van der Waals surface area contributed by atoms with Crippen molar-refractivity contribution < 1.29 is 13.2 Å². The number of hydrogen-bond acceptors (Lipinski definition) is 2. The van der Waals surface area contributed by atoms with Gasteiger partial charge in [0.2, 0.25) is 0 Å². The second kappa shape index (κ2) is 6.18. The first-order valence-electron chi connectivity index (χ1n) is 6.44. The Hall–Kier alpha value is -0.680. The van der Waals surface area contributed by atoms with E-state index in [-0.39, 0.29) is 6.04 Å². The van der Waals surface area contributed by atoms with Gasteiger partial charge in [-0.05, 0) is 55.0 Å². The van der Waals surface area contributed by atoms with E-state index in [0.29, 0.717) is 5.92 Å². The molecule has 1 aromatic carbocycles. The van der Waals surface area contributed by atoms with Crippen molar-refractivity contribution in [2.24, 2.45) is 5.92 Å². The SMILES string of the molecule is CNC(c1cccc(C(F)(F)F)c1)C1CCSCC1. The van der Waals surface area contributed by atoms with Gasteiger partial charge in [0.25, 0.3) is 0 Å². The normalized spacial score (nSPS) is 19.4. The predicted octanol–water partition coefficient (Wildman–Crippen LogP) is 4.11. The lowest BCUT2D eigenvalue weighted by Crippen LogP contribution is -2.28. The van der Waals surface area contributed by atoms with Gasteiger partial charge in [0, 0.05) is 6.04 Å². The topological polar surface area (TPSA) is 12.0 Å². The number of benzene rings is 1. The van der Waals surface area contributed by atoms with E-state index in [1.54, 1.807) is 6.07 Å². The molecule has 19 heavy (non-hydrogen) atoms. The van der Waals surface area contributed by atoms with E-state index in [2.05, 4.69) is 5.32 Å². The number of halogens is 3. The zero-order chi connectivity index (χ0) is 13.9. The van der Waals surface area contributed by atoms with E-state index in [4.69, 9.17) is 0 Å². The molecule has 1 fully saturated rings. The molecular formula is C14H18F3NS. The summed E-state index contributed by atoms with van der Waals surface area (Å²) in [4.78, 5) is 0. The lowest BCUT2D eigenvalue weighted by Gasteiger charge is -2.30. The highest BCUT2D eigenvalue weighted by atomic mass is 32.2. The van der Waals surface area contributed by atoms with Crippen LogP contribution in [-0.4, -0.2) is 18.6 Å². The van der Waals surface area contributed by atoms with Crippen LogP contribution in [0.1, 0.15) is 30.0 Å². The van der Waals surface area contributed by atoms with Crippen LogP contribution in [0.5, 0.6) is 0 Å². The first-order valence-corrected chi connectivity index (χ1v) is 7.60. The summed E-state index contributed by atoms with van der Waals surface area (Å²) in [6, 6.07) is 5.72. The third-order valence-corrected chi connectivity index (χ3v) is 4.67. The first-order chi connectivity index (χ1) is 9.02. The van der Waals surface area contributed by atoms with Gasteiger partial charge < -0.3 is 5.32 Å². The molecule has 1 aliphatic rings. The fourth-order valence-corrected chi connectivity index (χ4v) is 3.78. The quantitative estimate of drug-likeness (QED) is 0.898. The monoisotopic (exact) mass is 289 g/mol. The van der Waals surface area contributed by atoms with Crippen LogP contribution in [0.2, 0.25) is 0 Å². The van der Waals surface area contributed by atoms with Crippen LogP contribution in [-0.2, 0) is 6.18 Å². The van der Waals surface area contributed by atoms with E-state index in [9.17, 15) is 13.2 Å². The lowest BCUT2D eigenvalue weighted by molar-refractivity contribution is -0.137. The van der Waals surface area contributed by atoms with Crippen molar-refractivity contribution in [3.63, 3.8) is 0 Å². The van der Waals surface area contributed by atoms with Crippen molar-refractivity contribution >= 4 is 11.8 Å². The molecule has 0 aromatic heterocycles. The van der Waals surface area contributed by atoms with Crippen LogP contribution in [0, 0.1) is 5.92 Å². The molecule has 1 unspecified atom stereocenters. The number of alkyl halides is 3. The summed E-state index contributed by atoms with van der Waals surface area (Å²) < 4.78 is 38.3. The van der Waals surface area contributed by atoms with Crippen LogP contribution in [0.15, 0.2) is 24.3 Å². The molecule has 0 amide bonds. The Kier molecular flexibility index (Phi) is 4.79. The van der Waals surface area contributed by atoms with Crippen LogP contribution < -0.4 is 5.32 Å². The maximum Gasteiger partial charge on any atom is 0.416 e. The van der Waals surface area contributed by atoms with Crippen LogP contribution in [0.4, 0.5) is 13.2 Å². The number of rotatable bonds is 3. The lowest BCUT2D eigenvalue weighted by atomic mass is 9.88. The van der Waals surface area contributed by atoms with Crippen LogP contribution in [0.25, 0.3) is 0 Å². The largest absolute Gasteiger partial charge is 0.416 e. The van der Waals surface area contributed by atoms with Crippen LogP contribution in [0.3, 0.4) is 0 Å². The predicted molar refractivity (Wildman–Crippen MR) is 73.3 cm³/mol. The van der Waals surface area contributed by atoms with Gasteiger partial charge in [0.05, 0.1) is 5.56 Å². The molecule has 1 atom stereocenters. The van der Waals surface area contributed by atoms with Gasteiger partial charge in [0.1, 0.15) is 0 Å². The highest BCUT2D eigenvalue weighted by Gasteiger charge is 2.32. The van der Waals surface area contributed by atoms with E-state index in [1.807, 2.05) is 18.8 Å². The molecule has 1 aromatic rings. The summed E-state index contributed by atoms with van der Waals surface area (Å²) in [7, 11) is 1.83. The Morgan fingerprint density at radius 2 is 1.95 bits per heavy atom. The Labute approximate surface area is 116 Å². The summed E-state index contributed by atoms with van der Waals surface area (Å²) in [6.07, 6.45) is -2.14. The Morgan fingerprint density at radius 3 is 2.53 bits per heavy atom. The molecule has 1 heterocycles. The highest BCUT2D eigenvalue weighted by molar-refractivity contribution is 7.99. The molecule has 2 rings (SSSR count). The minimum atomic E-state index is -4.27. The smallest absolute Gasteiger partial charge is 0.313 e. The summed E-state index contributed by atoms with van der Waals surface area (Å²) in [5, 5.41) is 3.19. The van der Waals surface area contributed by atoms with Gasteiger partial charge in [-0.3, -0.25) is 0 Å². The molecule has 0 saturated carbocycles. The van der Waals surface area contributed by atoms with Crippen molar-refractivity contribution in [2.75, 3.05) is 18.6 Å².